The zero-order chi connectivity index (χ0) is 21.8. The molecule has 3 aromatic rings. The number of carbonyl (C=O) groups excluding carboxylic acids is 2. The van der Waals surface area contributed by atoms with Crippen LogP contribution in [0.25, 0.3) is 11.1 Å². The molecule has 3 rings (SSSR count). The molecule has 9 heteroatoms. The fraction of sp³-hybridized carbons (Fsp3) is 0.143. The SMILES string of the molecule is CCOC(=O)c1c(NC(=O)c2cccc(F)c2)sc(C)c1-c1ccc([N+](=O)[O-])cc1. The molecule has 30 heavy (non-hydrogen) atoms. The molecule has 2 aromatic carbocycles. The molecule has 0 aliphatic heterocycles. The molecule has 0 unspecified atom stereocenters. The molecule has 0 aliphatic rings. The van der Waals surface area contributed by atoms with Crippen molar-refractivity contribution < 1.29 is 23.6 Å². The summed E-state index contributed by atoms with van der Waals surface area (Å²) in [7, 11) is 0. The van der Waals surface area contributed by atoms with Gasteiger partial charge in [0.2, 0.25) is 0 Å². The molecule has 0 aliphatic carbocycles. The number of nitrogens with zero attached hydrogens (tertiary/aromatic N) is 1. The van der Waals surface area contributed by atoms with Crippen LogP contribution in [0.2, 0.25) is 0 Å². The summed E-state index contributed by atoms with van der Waals surface area (Å²) >= 11 is 1.17. The smallest absolute Gasteiger partial charge is 0.341 e. The monoisotopic (exact) mass is 428 g/mol. The molecule has 1 aromatic heterocycles. The Morgan fingerprint density at radius 2 is 1.90 bits per heavy atom. The Kier molecular flexibility index (Phi) is 6.22. The molecule has 1 heterocycles. The number of nitrogens with one attached hydrogen (secondary N) is 1. The van der Waals surface area contributed by atoms with Crippen LogP contribution in [-0.2, 0) is 4.74 Å². The number of anilines is 1. The maximum absolute atomic E-state index is 13.5. The molecule has 0 saturated carbocycles. The third kappa shape index (κ3) is 4.36. The van der Waals surface area contributed by atoms with E-state index in [-0.39, 0.29) is 28.4 Å². The maximum atomic E-state index is 13.5. The van der Waals surface area contributed by atoms with Crippen molar-refractivity contribution in [1.29, 1.82) is 0 Å². The number of carbonyl (C=O) groups is 2. The van der Waals surface area contributed by atoms with Crippen molar-refractivity contribution in [2.45, 2.75) is 13.8 Å². The number of rotatable bonds is 6. The lowest BCUT2D eigenvalue weighted by atomic mass is 10.0. The Labute approximate surface area is 175 Å². The van der Waals surface area contributed by atoms with E-state index in [2.05, 4.69) is 5.32 Å². The average molecular weight is 428 g/mol. The third-order valence-corrected chi connectivity index (χ3v) is 5.27. The van der Waals surface area contributed by atoms with E-state index in [1.807, 2.05) is 0 Å². The van der Waals surface area contributed by atoms with Crippen LogP contribution in [0.15, 0.2) is 48.5 Å². The summed E-state index contributed by atoms with van der Waals surface area (Å²) < 4.78 is 18.6. The minimum Gasteiger partial charge on any atom is -0.462 e. The second-order valence-corrected chi connectivity index (χ2v) is 7.45. The van der Waals surface area contributed by atoms with Crippen molar-refractivity contribution in [2.24, 2.45) is 0 Å². The van der Waals surface area contributed by atoms with E-state index >= 15 is 0 Å². The summed E-state index contributed by atoms with van der Waals surface area (Å²) in [4.78, 5) is 36.4. The minimum atomic E-state index is -0.634. The van der Waals surface area contributed by atoms with Gasteiger partial charge in [0.1, 0.15) is 16.4 Å². The lowest BCUT2D eigenvalue weighted by Gasteiger charge is -2.09. The zero-order valence-corrected chi connectivity index (χ0v) is 16.9. The number of nitro benzene ring substituents is 1. The minimum absolute atomic E-state index is 0.0797. The van der Waals surface area contributed by atoms with E-state index in [0.29, 0.717) is 16.0 Å². The second-order valence-electron chi connectivity index (χ2n) is 6.23. The highest BCUT2D eigenvalue weighted by Crippen LogP contribution is 2.41. The quantitative estimate of drug-likeness (QED) is 0.331. The predicted octanol–water partition coefficient (Wildman–Crippen LogP) is 5.20. The number of ether oxygens (including phenoxy) is 1. The number of benzene rings is 2. The molecular formula is C21H17FN2O5S. The molecule has 0 spiro atoms. The van der Waals surface area contributed by atoms with E-state index in [1.54, 1.807) is 13.8 Å². The number of thiophene rings is 1. The van der Waals surface area contributed by atoms with E-state index < -0.39 is 22.6 Å². The molecule has 1 amide bonds. The molecule has 0 radical (unpaired) electrons. The molecule has 0 saturated heterocycles. The highest BCUT2D eigenvalue weighted by atomic mass is 32.1. The van der Waals surface area contributed by atoms with Gasteiger partial charge in [0.15, 0.2) is 0 Å². The lowest BCUT2D eigenvalue weighted by Crippen LogP contribution is -2.15. The van der Waals surface area contributed by atoms with Crippen molar-refractivity contribution in [3.05, 3.63) is 80.5 Å². The van der Waals surface area contributed by atoms with Crippen molar-refractivity contribution in [2.75, 3.05) is 11.9 Å². The van der Waals surface area contributed by atoms with Gasteiger partial charge in [0.25, 0.3) is 11.6 Å². The number of hydrogen-bond donors (Lipinski definition) is 1. The topological polar surface area (TPSA) is 98.5 Å². The zero-order valence-electron chi connectivity index (χ0n) is 16.1. The Bertz CT molecular complexity index is 1120. The normalized spacial score (nSPS) is 10.5. The Morgan fingerprint density at radius 1 is 1.20 bits per heavy atom. The van der Waals surface area contributed by atoms with Gasteiger partial charge in [-0.1, -0.05) is 6.07 Å². The number of amides is 1. The van der Waals surface area contributed by atoms with E-state index in [9.17, 15) is 24.1 Å². The standard InChI is InChI=1S/C21H17FN2O5S/c1-3-29-21(26)18-17(13-7-9-16(10-8-13)24(27)28)12(2)30-20(18)23-19(25)14-5-4-6-15(22)11-14/h4-11H,3H2,1-2H3,(H,23,25). The van der Waals surface area contributed by atoms with Crippen LogP contribution >= 0.6 is 11.3 Å². The van der Waals surface area contributed by atoms with Crippen molar-refractivity contribution in [1.82, 2.24) is 0 Å². The van der Waals surface area contributed by atoms with Gasteiger partial charge in [0, 0.05) is 28.1 Å². The number of non-ortho nitro benzene ring substituents is 1. The fourth-order valence-electron chi connectivity index (χ4n) is 2.93. The van der Waals surface area contributed by atoms with E-state index in [1.165, 1.54) is 53.8 Å². The first-order valence-corrected chi connectivity index (χ1v) is 9.75. The van der Waals surface area contributed by atoms with Crippen LogP contribution in [0.1, 0.15) is 32.5 Å². The maximum Gasteiger partial charge on any atom is 0.341 e. The van der Waals surface area contributed by atoms with Crippen LogP contribution in [0, 0.1) is 22.9 Å². The Morgan fingerprint density at radius 3 is 2.50 bits per heavy atom. The summed E-state index contributed by atoms with van der Waals surface area (Å²) in [5.74, 6) is -1.76. The number of esters is 1. The fourth-order valence-corrected chi connectivity index (χ4v) is 3.99. The summed E-state index contributed by atoms with van der Waals surface area (Å²) in [6.07, 6.45) is 0. The molecule has 0 fully saturated rings. The van der Waals surface area contributed by atoms with Crippen molar-refractivity contribution in [3.8, 4) is 11.1 Å². The Hall–Kier alpha value is -3.59. The number of hydrogen-bond acceptors (Lipinski definition) is 6. The third-order valence-electron chi connectivity index (χ3n) is 4.24. The molecule has 0 atom stereocenters. The van der Waals surface area contributed by atoms with Crippen LogP contribution in [-0.4, -0.2) is 23.4 Å². The van der Waals surface area contributed by atoms with Gasteiger partial charge in [-0.15, -0.1) is 11.3 Å². The highest BCUT2D eigenvalue weighted by Gasteiger charge is 2.26. The molecular weight excluding hydrogens is 411 g/mol. The van der Waals surface area contributed by atoms with Gasteiger partial charge < -0.3 is 10.1 Å². The summed E-state index contributed by atoms with van der Waals surface area (Å²) in [5, 5.41) is 13.8. The van der Waals surface area contributed by atoms with E-state index in [4.69, 9.17) is 4.74 Å². The largest absolute Gasteiger partial charge is 0.462 e. The van der Waals surface area contributed by atoms with Gasteiger partial charge in [-0.3, -0.25) is 14.9 Å². The van der Waals surface area contributed by atoms with E-state index in [0.717, 1.165) is 6.07 Å². The second kappa shape index (κ2) is 8.83. The van der Waals surface area contributed by atoms with Gasteiger partial charge in [-0.2, -0.15) is 0 Å². The molecule has 0 bridgehead atoms. The number of aryl methyl sites for hydroxylation is 1. The van der Waals surface area contributed by atoms with Gasteiger partial charge >= 0.3 is 5.97 Å². The van der Waals surface area contributed by atoms with Crippen molar-refractivity contribution >= 4 is 33.9 Å². The first-order valence-electron chi connectivity index (χ1n) is 8.94. The summed E-state index contributed by atoms with van der Waals surface area (Å²) in [6, 6.07) is 10.9. The van der Waals surface area contributed by atoms with Crippen LogP contribution in [0.3, 0.4) is 0 Å². The molecule has 7 nitrogen and oxygen atoms in total. The molecule has 1 N–H and O–H groups in total. The first kappa shape index (κ1) is 21.1. The average Bonchev–Trinajstić information content (AvgIpc) is 3.03. The summed E-state index contributed by atoms with van der Waals surface area (Å²) in [5.41, 5.74) is 1.26. The van der Waals surface area contributed by atoms with Gasteiger partial charge in [0.05, 0.1) is 11.5 Å². The van der Waals surface area contributed by atoms with Crippen LogP contribution in [0.5, 0.6) is 0 Å². The lowest BCUT2D eigenvalue weighted by molar-refractivity contribution is -0.384. The van der Waals surface area contributed by atoms with Gasteiger partial charge in [-0.25, -0.2) is 9.18 Å². The summed E-state index contributed by atoms with van der Waals surface area (Å²) in [6.45, 7) is 3.56. The van der Waals surface area contributed by atoms with Crippen LogP contribution < -0.4 is 5.32 Å². The van der Waals surface area contributed by atoms with Crippen molar-refractivity contribution in [3.63, 3.8) is 0 Å². The highest BCUT2D eigenvalue weighted by molar-refractivity contribution is 7.17. The van der Waals surface area contributed by atoms with Crippen LogP contribution in [0.4, 0.5) is 15.1 Å². The Balaban J connectivity index is 2.05. The number of nitro groups is 1. The predicted molar refractivity (Wildman–Crippen MR) is 111 cm³/mol. The molecule has 154 valence electrons. The first-order chi connectivity index (χ1) is 14.3. The number of halogens is 1. The van der Waals surface area contributed by atoms with Gasteiger partial charge in [-0.05, 0) is 49.7 Å².